The molecule has 0 aliphatic rings. The molecule has 0 saturated heterocycles. The predicted octanol–water partition coefficient (Wildman–Crippen LogP) is 1.47. The third-order valence-electron chi connectivity index (χ3n) is 3.32. The minimum atomic E-state index is -0.169. The highest BCUT2D eigenvalue weighted by Crippen LogP contribution is 2.20. The smallest absolute Gasteiger partial charge is 0.263 e. The number of benzene rings is 1. The quantitative estimate of drug-likeness (QED) is 0.693. The summed E-state index contributed by atoms with van der Waals surface area (Å²) in [7, 11) is 0. The summed E-state index contributed by atoms with van der Waals surface area (Å²) in [5.74, 6) is 0.449. The van der Waals surface area contributed by atoms with E-state index in [9.17, 15) is 4.79 Å². The van der Waals surface area contributed by atoms with Gasteiger partial charge >= 0.3 is 0 Å². The van der Waals surface area contributed by atoms with Crippen molar-refractivity contribution in [3.05, 3.63) is 53.6 Å². The molecule has 2 heterocycles. The number of nitrogen functional groups attached to an aromatic ring is 1. The van der Waals surface area contributed by atoms with Crippen LogP contribution in [0.3, 0.4) is 0 Å². The summed E-state index contributed by atoms with van der Waals surface area (Å²) in [5.41, 5.74) is 14.6. The van der Waals surface area contributed by atoms with Gasteiger partial charge in [-0.1, -0.05) is 0 Å². The SMILES string of the molecule is Cc1nc2ccc(N)cc2n1C(=O)c1ccnc(CN)c1. The van der Waals surface area contributed by atoms with Crippen LogP contribution in [-0.2, 0) is 6.54 Å². The average Bonchev–Trinajstić information content (AvgIpc) is 2.81. The average molecular weight is 281 g/mol. The number of carbonyl (C=O) groups excluding carboxylic acids is 1. The van der Waals surface area contributed by atoms with Crippen molar-refractivity contribution in [2.75, 3.05) is 5.73 Å². The van der Waals surface area contributed by atoms with E-state index in [0.717, 1.165) is 5.52 Å². The van der Waals surface area contributed by atoms with Gasteiger partial charge in [0.25, 0.3) is 5.91 Å². The molecule has 0 bridgehead atoms. The Balaban J connectivity index is 2.17. The van der Waals surface area contributed by atoms with Crippen LogP contribution in [-0.4, -0.2) is 20.4 Å². The van der Waals surface area contributed by atoms with E-state index in [1.165, 1.54) is 0 Å². The summed E-state index contributed by atoms with van der Waals surface area (Å²) in [5, 5.41) is 0. The van der Waals surface area contributed by atoms with Crippen LogP contribution >= 0.6 is 0 Å². The van der Waals surface area contributed by atoms with Gasteiger partial charge in [-0.3, -0.25) is 14.3 Å². The van der Waals surface area contributed by atoms with Gasteiger partial charge in [0.1, 0.15) is 5.82 Å². The minimum absolute atomic E-state index is 0.169. The van der Waals surface area contributed by atoms with Crippen molar-refractivity contribution >= 4 is 22.6 Å². The van der Waals surface area contributed by atoms with Crippen LogP contribution in [0.4, 0.5) is 5.69 Å². The van der Waals surface area contributed by atoms with Crippen LogP contribution in [0.25, 0.3) is 11.0 Å². The number of rotatable bonds is 2. The number of aryl methyl sites for hydroxylation is 1. The summed E-state index contributed by atoms with van der Waals surface area (Å²) >= 11 is 0. The van der Waals surface area contributed by atoms with E-state index in [2.05, 4.69) is 9.97 Å². The Hall–Kier alpha value is -2.73. The van der Waals surface area contributed by atoms with Crippen molar-refractivity contribution in [2.24, 2.45) is 5.73 Å². The van der Waals surface area contributed by atoms with Crippen LogP contribution in [0.1, 0.15) is 21.9 Å². The highest BCUT2D eigenvalue weighted by Gasteiger charge is 2.16. The Bertz CT molecular complexity index is 837. The van der Waals surface area contributed by atoms with Crippen molar-refractivity contribution in [1.82, 2.24) is 14.5 Å². The van der Waals surface area contributed by atoms with Crippen molar-refractivity contribution in [1.29, 1.82) is 0 Å². The molecule has 0 fully saturated rings. The van der Waals surface area contributed by atoms with Crippen LogP contribution < -0.4 is 11.5 Å². The molecule has 0 atom stereocenters. The number of aromatic nitrogens is 3. The molecule has 0 aliphatic carbocycles. The molecule has 106 valence electrons. The summed E-state index contributed by atoms with van der Waals surface area (Å²) in [6, 6.07) is 8.68. The van der Waals surface area contributed by atoms with Crippen molar-refractivity contribution in [3.63, 3.8) is 0 Å². The lowest BCUT2D eigenvalue weighted by atomic mass is 10.2. The number of nitrogens with two attached hydrogens (primary N) is 2. The van der Waals surface area contributed by atoms with Crippen LogP contribution in [0, 0.1) is 6.92 Å². The Morgan fingerprint density at radius 2 is 2.10 bits per heavy atom. The highest BCUT2D eigenvalue weighted by atomic mass is 16.2. The number of fused-ring (bicyclic) bond motifs is 1. The van der Waals surface area contributed by atoms with Gasteiger partial charge in [0.05, 0.1) is 16.7 Å². The van der Waals surface area contributed by atoms with Crippen LogP contribution in [0.2, 0.25) is 0 Å². The van der Waals surface area contributed by atoms with Gasteiger partial charge in [0.2, 0.25) is 0 Å². The molecule has 3 aromatic rings. The zero-order valence-electron chi connectivity index (χ0n) is 11.6. The van der Waals surface area contributed by atoms with Crippen LogP contribution in [0.15, 0.2) is 36.5 Å². The van der Waals surface area contributed by atoms with Gasteiger partial charge < -0.3 is 11.5 Å². The molecule has 0 aliphatic heterocycles. The second-order valence-electron chi connectivity index (χ2n) is 4.79. The fourth-order valence-corrected chi connectivity index (χ4v) is 2.32. The third kappa shape index (κ3) is 2.25. The number of hydrogen-bond acceptors (Lipinski definition) is 5. The lowest BCUT2D eigenvalue weighted by Crippen LogP contribution is -2.14. The molecule has 6 heteroatoms. The monoisotopic (exact) mass is 281 g/mol. The van der Waals surface area contributed by atoms with E-state index < -0.39 is 0 Å². The molecule has 3 rings (SSSR count). The van der Waals surface area contributed by atoms with Crippen molar-refractivity contribution in [3.8, 4) is 0 Å². The summed E-state index contributed by atoms with van der Waals surface area (Å²) in [6.45, 7) is 2.08. The first-order valence-electron chi connectivity index (χ1n) is 6.54. The number of anilines is 1. The predicted molar refractivity (Wildman–Crippen MR) is 80.7 cm³/mol. The number of imidazole rings is 1. The lowest BCUT2D eigenvalue weighted by molar-refractivity contribution is 0.0962. The number of hydrogen-bond donors (Lipinski definition) is 2. The molecule has 1 aromatic carbocycles. The summed E-state index contributed by atoms with van der Waals surface area (Å²) < 4.78 is 1.56. The van der Waals surface area contributed by atoms with E-state index in [0.29, 0.717) is 28.3 Å². The first-order chi connectivity index (χ1) is 10.1. The standard InChI is InChI=1S/C15H15N5O/c1-9-19-13-3-2-11(17)7-14(13)20(9)15(21)10-4-5-18-12(6-10)8-16/h2-7H,8,16-17H2,1H3. The number of carbonyl (C=O) groups is 1. The minimum Gasteiger partial charge on any atom is -0.399 e. The van der Waals surface area contributed by atoms with E-state index in [1.54, 1.807) is 48.0 Å². The molecule has 0 saturated carbocycles. The second-order valence-corrected chi connectivity index (χ2v) is 4.79. The first-order valence-corrected chi connectivity index (χ1v) is 6.54. The Morgan fingerprint density at radius 1 is 1.29 bits per heavy atom. The van der Waals surface area contributed by atoms with Gasteiger partial charge in [0, 0.05) is 24.0 Å². The van der Waals surface area contributed by atoms with Crippen molar-refractivity contribution in [2.45, 2.75) is 13.5 Å². The molecular weight excluding hydrogens is 266 g/mol. The molecule has 0 radical (unpaired) electrons. The van der Waals surface area contributed by atoms with Gasteiger partial charge in [-0.25, -0.2) is 4.98 Å². The maximum Gasteiger partial charge on any atom is 0.263 e. The fourth-order valence-electron chi connectivity index (χ4n) is 2.32. The molecule has 0 amide bonds. The Labute approximate surface area is 121 Å². The lowest BCUT2D eigenvalue weighted by Gasteiger charge is -2.07. The zero-order chi connectivity index (χ0) is 15.0. The van der Waals surface area contributed by atoms with E-state index in [1.807, 2.05) is 0 Å². The van der Waals surface area contributed by atoms with E-state index in [-0.39, 0.29) is 12.5 Å². The molecule has 0 unspecified atom stereocenters. The highest BCUT2D eigenvalue weighted by molar-refractivity contribution is 6.02. The number of nitrogens with zero attached hydrogens (tertiary/aromatic N) is 3. The second kappa shape index (κ2) is 4.99. The van der Waals surface area contributed by atoms with E-state index in [4.69, 9.17) is 11.5 Å². The molecule has 0 spiro atoms. The third-order valence-corrected chi connectivity index (χ3v) is 3.32. The summed E-state index contributed by atoms with van der Waals surface area (Å²) in [4.78, 5) is 21.2. The fraction of sp³-hybridized carbons (Fsp3) is 0.133. The molecule has 4 N–H and O–H groups in total. The van der Waals surface area contributed by atoms with Crippen LogP contribution in [0.5, 0.6) is 0 Å². The normalized spacial score (nSPS) is 11.0. The van der Waals surface area contributed by atoms with Gasteiger partial charge in [-0.15, -0.1) is 0 Å². The van der Waals surface area contributed by atoms with Gasteiger partial charge in [0.15, 0.2) is 0 Å². The largest absolute Gasteiger partial charge is 0.399 e. The van der Waals surface area contributed by atoms with Gasteiger partial charge in [-0.2, -0.15) is 0 Å². The zero-order valence-corrected chi connectivity index (χ0v) is 11.6. The van der Waals surface area contributed by atoms with E-state index >= 15 is 0 Å². The molecule has 2 aromatic heterocycles. The summed E-state index contributed by atoms with van der Waals surface area (Å²) in [6.07, 6.45) is 1.58. The topological polar surface area (TPSA) is 99.8 Å². The Morgan fingerprint density at radius 3 is 2.86 bits per heavy atom. The van der Waals surface area contributed by atoms with Crippen molar-refractivity contribution < 1.29 is 4.79 Å². The Kier molecular flexibility index (Phi) is 3.15. The maximum absolute atomic E-state index is 12.7. The first kappa shape index (κ1) is 13.3. The number of pyridine rings is 1. The van der Waals surface area contributed by atoms with Gasteiger partial charge in [-0.05, 0) is 37.3 Å². The molecule has 6 nitrogen and oxygen atoms in total. The molecular formula is C15H15N5O. The maximum atomic E-state index is 12.7. The molecule has 21 heavy (non-hydrogen) atoms.